The quantitative estimate of drug-likeness (QED) is 0.506. The fraction of sp³-hybridized carbons (Fsp3) is 0.0500. The predicted octanol–water partition coefficient (Wildman–Crippen LogP) is 5.18. The molecule has 0 aliphatic rings. The number of fused-ring (bicyclic) bond motifs is 1. The number of benzene rings is 2. The van der Waals surface area contributed by atoms with Crippen molar-refractivity contribution in [1.82, 2.24) is 9.97 Å². The molecule has 0 unspecified atom stereocenters. The lowest BCUT2D eigenvalue weighted by Gasteiger charge is -2.08. The van der Waals surface area contributed by atoms with Crippen molar-refractivity contribution in [3.05, 3.63) is 83.1 Å². The van der Waals surface area contributed by atoms with E-state index in [1.54, 1.807) is 42.7 Å². The predicted molar refractivity (Wildman–Crippen MR) is 108 cm³/mol. The van der Waals surface area contributed by atoms with Crippen molar-refractivity contribution in [2.75, 3.05) is 5.32 Å². The first-order valence-corrected chi connectivity index (χ1v) is 9.36. The van der Waals surface area contributed by atoms with Gasteiger partial charge in [0, 0.05) is 28.5 Å². The molecule has 0 radical (unpaired) electrons. The normalized spacial score (nSPS) is 10.7. The lowest BCUT2D eigenvalue weighted by molar-refractivity contribution is 0.102. The molecular weight excluding hydrogens is 382 g/mol. The maximum atomic E-state index is 12.5. The number of hydrogen-bond donors (Lipinski definition) is 1. The molecule has 0 saturated heterocycles. The van der Waals surface area contributed by atoms with Crippen LogP contribution in [0.5, 0.6) is 5.75 Å². The number of ether oxygens (including phenoxy) is 1. The van der Waals surface area contributed by atoms with Crippen LogP contribution in [0.25, 0.3) is 10.2 Å². The van der Waals surface area contributed by atoms with Gasteiger partial charge < -0.3 is 4.74 Å². The molecule has 4 rings (SSSR count). The van der Waals surface area contributed by atoms with Gasteiger partial charge in [-0.3, -0.25) is 15.1 Å². The fourth-order valence-electron chi connectivity index (χ4n) is 2.50. The number of thiazole rings is 1. The second-order valence-electron chi connectivity index (χ2n) is 5.76. The van der Waals surface area contributed by atoms with E-state index in [-0.39, 0.29) is 5.91 Å². The summed E-state index contributed by atoms with van der Waals surface area (Å²) in [6, 6.07) is 16.3. The van der Waals surface area contributed by atoms with E-state index in [1.165, 1.54) is 11.3 Å². The highest BCUT2D eigenvalue weighted by atomic mass is 35.5. The summed E-state index contributed by atoms with van der Waals surface area (Å²) in [5, 5.41) is 3.97. The Morgan fingerprint density at radius 2 is 2.07 bits per heavy atom. The summed E-state index contributed by atoms with van der Waals surface area (Å²) in [7, 11) is 0. The van der Waals surface area contributed by atoms with Crippen LogP contribution in [0.4, 0.5) is 5.13 Å². The molecule has 0 aliphatic carbocycles. The maximum Gasteiger partial charge on any atom is 0.257 e. The summed E-state index contributed by atoms with van der Waals surface area (Å²) >= 11 is 7.38. The molecular formula is C20H14ClN3O2S. The van der Waals surface area contributed by atoms with Crippen LogP contribution in [0.1, 0.15) is 15.9 Å². The first-order chi connectivity index (χ1) is 13.2. The topological polar surface area (TPSA) is 64.1 Å². The maximum absolute atomic E-state index is 12.5. The van der Waals surface area contributed by atoms with Gasteiger partial charge in [-0.25, -0.2) is 4.98 Å². The number of anilines is 1. The zero-order chi connectivity index (χ0) is 18.6. The Balaban J connectivity index is 1.46. The number of halogens is 1. The van der Waals surface area contributed by atoms with Gasteiger partial charge in [-0.2, -0.15) is 0 Å². The number of hydrogen-bond acceptors (Lipinski definition) is 5. The van der Waals surface area contributed by atoms with Gasteiger partial charge in [0.15, 0.2) is 5.13 Å². The number of rotatable bonds is 5. The van der Waals surface area contributed by atoms with Gasteiger partial charge in [-0.1, -0.05) is 35.1 Å². The third-order valence-corrected chi connectivity index (χ3v) is 4.98. The molecule has 0 atom stereocenters. The molecule has 0 aliphatic heterocycles. The molecule has 1 amide bonds. The van der Waals surface area contributed by atoms with Crippen molar-refractivity contribution in [3.63, 3.8) is 0 Å². The number of aromatic nitrogens is 2. The molecule has 0 bridgehead atoms. The summed E-state index contributed by atoms with van der Waals surface area (Å²) in [4.78, 5) is 21.0. The third-order valence-electron chi connectivity index (χ3n) is 3.79. The molecule has 0 spiro atoms. The van der Waals surface area contributed by atoms with Gasteiger partial charge in [-0.15, -0.1) is 0 Å². The van der Waals surface area contributed by atoms with Gasteiger partial charge in [0.25, 0.3) is 5.91 Å². The number of carbonyl (C=O) groups excluding carboxylic acids is 1. The molecule has 2 heterocycles. The third kappa shape index (κ3) is 4.24. The van der Waals surface area contributed by atoms with Crippen LogP contribution in [-0.2, 0) is 6.61 Å². The first kappa shape index (κ1) is 17.5. The van der Waals surface area contributed by atoms with Crippen LogP contribution in [0.15, 0.2) is 67.0 Å². The molecule has 5 nitrogen and oxygen atoms in total. The van der Waals surface area contributed by atoms with E-state index in [2.05, 4.69) is 15.3 Å². The van der Waals surface area contributed by atoms with E-state index in [0.29, 0.717) is 28.1 Å². The summed E-state index contributed by atoms with van der Waals surface area (Å²) in [6.07, 6.45) is 3.46. The highest BCUT2D eigenvalue weighted by Gasteiger charge is 2.11. The van der Waals surface area contributed by atoms with E-state index in [0.717, 1.165) is 15.8 Å². The van der Waals surface area contributed by atoms with Gasteiger partial charge >= 0.3 is 0 Å². The Labute approximate surface area is 164 Å². The Kier molecular flexibility index (Phi) is 5.00. The second-order valence-corrected chi connectivity index (χ2v) is 7.23. The number of pyridine rings is 1. The Morgan fingerprint density at radius 3 is 2.93 bits per heavy atom. The Hall–Kier alpha value is -2.96. The van der Waals surface area contributed by atoms with Crippen molar-refractivity contribution in [2.24, 2.45) is 0 Å². The first-order valence-electron chi connectivity index (χ1n) is 8.16. The van der Waals surface area contributed by atoms with Crippen molar-refractivity contribution in [2.45, 2.75) is 6.61 Å². The molecule has 134 valence electrons. The molecule has 1 N–H and O–H groups in total. The summed E-state index contributed by atoms with van der Waals surface area (Å²) in [5.74, 6) is 0.370. The molecule has 7 heteroatoms. The van der Waals surface area contributed by atoms with E-state index < -0.39 is 0 Å². The number of nitrogens with zero attached hydrogens (tertiary/aromatic N) is 2. The van der Waals surface area contributed by atoms with Crippen LogP contribution in [0.3, 0.4) is 0 Å². The van der Waals surface area contributed by atoms with E-state index in [1.807, 2.05) is 24.3 Å². The van der Waals surface area contributed by atoms with Crippen LogP contribution in [-0.4, -0.2) is 15.9 Å². The van der Waals surface area contributed by atoms with Gasteiger partial charge in [0.1, 0.15) is 12.4 Å². The monoisotopic (exact) mass is 395 g/mol. The number of nitrogens with one attached hydrogen (secondary N) is 1. The summed E-state index contributed by atoms with van der Waals surface area (Å²) < 4.78 is 6.71. The zero-order valence-electron chi connectivity index (χ0n) is 14.1. The minimum atomic E-state index is -0.244. The largest absolute Gasteiger partial charge is 0.489 e. The molecule has 2 aromatic carbocycles. The number of carbonyl (C=O) groups is 1. The average Bonchev–Trinajstić information content (AvgIpc) is 3.08. The molecule has 2 aromatic heterocycles. The second kappa shape index (κ2) is 7.73. The van der Waals surface area contributed by atoms with Gasteiger partial charge in [0.05, 0.1) is 10.2 Å². The molecule has 0 fully saturated rings. The zero-order valence-corrected chi connectivity index (χ0v) is 15.6. The van der Waals surface area contributed by atoms with Gasteiger partial charge in [0.2, 0.25) is 0 Å². The van der Waals surface area contributed by atoms with Crippen LogP contribution in [0.2, 0.25) is 5.02 Å². The van der Waals surface area contributed by atoms with Crippen molar-refractivity contribution in [1.29, 1.82) is 0 Å². The van der Waals surface area contributed by atoms with Crippen molar-refractivity contribution < 1.29 is 9.53 Å². The highest BCUT2D eigenvalue weighted by molar-refractivity contribution is 7.22. The standard InChI is InChI=1S/C20H14ClN3O2S/c21-15-6-7-18-17(10-15)23-20(27-18)24-19(25)14-4-1-5-16(9-14)26-12-13-3-2-8-22-11-13/h1-11H,12H2,(H,23,24,25). The number of amides is 1. The van der Waals surface area contributed by atoms with Crippen LogP contribution in [0, 0.1) is 0 Å². The average molecular weight is 396 g/mol. The summed E-state index contributed by atoms with van der Waals surface area (Å²) in [5.41, 5.74) is 2.22. The van der Waals surface area contributed by atoms with E-state index in [4.69, 9.17) is 16.3 Å². The Morgan fingerprint density at radius 1 is 1.15 bits per heavy atom. The van der Waals surface area contributed by atoms with E-state index >= 15 is 0 Å². The van der Waals surface area contributed by atoms with Crippen LogP contribution < -0.4 is 10.1 Å². The fourth-order valence-corrected chi connectivity index (χ4v) is 3.51. The SMILES string of the molecule is O=C(Nc1nc2cc(Cl)ccc2s1)c1cccc(OCc2cccnc2)c1. The lowest BCUT2D eigenvalue weighted by Crippen LogP contribution is -2.11. The van der Waals surface area contributed by atoms with Crippen molar-refractivity contribution in [3.8, 4) is 5.75 Å². The highest BCUT2D eigenvalue weighted by Crippen LogP contribution is 2.28. The van der Waals surface area contributed by atoms with Crippen LogP contribution >= 0.6 is 22.9 Å². The van der Waals surface area contributed by atoms with Gasteiger partial charge in [-0.05, 0) is 42.5 Å². The smallest absolute Gasteiger partial charge is 0.257 e. The lowest BCUT2D eigenvalue weighted by atomic mass is 10.2. The van der Waals surface area contributed by atoms with E-state index in [9.17, 15) is 4.79 Å². The summed E-state index contributed by atoms with van der Waals surface area (Å²) in [6.45, 7) is 0.386. The molecule has 4 aromatic rings. The minimum absolute atomic E-state index is 0.244. The minimum Gasteiger partial charge on any atom is -0.489 e. The van der Waals surface area contributed by atoms with Crippen molar-refractivity contribution >= 4 is 44.2 Å². The molecule has 27 heavy (non-hydrogen) atoms. The Bertz CT molecular complexity index is 1100. The molecule has 0 saturated carbocycles.